The van der Waals surface area contributed by atoms with E-state index in [4.69, 9.17) is 23.3 Å². The van der Waals surface area contributed by atoms with Gasteiger partial charge in [-0.15, -0.1) is 0 Å². The van der Waals surface area contributed by atoms with Crippen LogP contribution in [0, 0.1) is 33.3 Å². The molecular formula is C16H13O5PW. The number of rotatable bonds is 1. The second-order valence-electron chi connectivity index (χ2n) is 3.37. The van der Waals surface area contributed by atoms with Crippen molar-refractivity contribution in [1.29, 1.82) is 0 Å². The Bertz CT molecular complexity index is 476. The van der Waals surface area contributed by atoms with Crippen LogP contribution in [0.2, 0.25) is 0 Å². The fourth-order valence-corrected chi connectivity index (χ4v) is 3.72. The van der Waals surface area contributed by atoms with Gasteiger partial charge in [-0.25, -0.2) is 0 Å². The summed E-state index contributed by atoms with van der Waals surface area (Å²) in [5.74, 6) is 0. The van der Waals surface area contributed by atoms with Crippen LogP contribution in [0.1, 0.15) is 13.8 Å². The van der Waals surface area contributed by atoms with Gasteiger partial charge >= 0.3 is 56.5 Å². The summed E-state index contributed by atoms with van der Waals surface area (Å²) in [4.78, 5) is 0. The van der Waals surface area contributed by atoms with E-state index in [1.807, 2.05) is 0 Å². The van der Waals surface area contributed by atoms with Crippen LogP contribution in [0.15, 0.2) is 41.2 Å². The Morgan fingerprint density at radius 2 is 1.13 bits per heavy atom. The van der Waals surface area contributed by atoms with Crippen molar-refractivity contribution >= 4 is 13.2 Å². The molecule has 1 heterocycles. The molecule has 7 heteroatoms. The molecule has 23 heavy (non-hydrogen) atoms. The monoisotopic (exact) mass is 500 g/mol. The summed E-state index contributed by atoms with van der Waals surface area (Å²) in [6.45, 7) is 26.9. The third kappa shape index (κ3) is 17.0. The van der Waals surface area contributed by atoms with Crippen molar-refractivity contribution in [3.63, 3.8) is 0 Å². The SMILES string of the molecule is CC(C)=C1CP1c1ccccc1.[C-]#[O+].[C-]#[O+].[C-]#[O+].[C-]#[O+].[C-]#[O+].[W]. The summed E-state index contributed by atoms with van der Waals surface area (Å²) in [7, 11) is 0.131. The average Bonchev–Trinajstić information content (AvgIpc) is 3.46. The van der Waals surface area contributed by atoms with Gasteiger partial charge in [-0.2, -0.15) is 0 Å². The second kappa shape index (κ2) is 28.9. The van der Waals surface area contributed by atoms with E-state index < -0.39 is 0 Å². The molecule has 1 atom stereocenters. The summed E-state index contributed by atoms with van der Waals surface area (Å²) >= 11 is 0. The molecule has 0 aliphatic carbocycles. The Balaban J connectivity index is -0.0000000852. The van der Waals surface area contributed by atoms with E-state index in [0.717, 1.165) is 0 Å². The molecule has 1 aromatic carbocycles. The van der Waals surface area contributed by atoms with Gasteiger partial charge in [0.2, 0.25) is 0 Å². The zero-order valence-electron chi connectivity index (χ0n) is 12.5. The smallest absolute Gasteiger partial charge is 0 e. The van der Waals surface area contributed by atoms with Crippen molar-refractivity contribution in [2.45, 2.75) is 13.8 Å². The molecule has 0 aromatic heterocycles. The molecule has 0 N–H and O–H groups in total. The Kier molecular flexibility index (Phi) is 41.9. The number of hydrogen-bond acceptors (Lipinski definition) is 0. The van der Waals surface area contributed by atoms with E-state index >= 15 is 0 Å². The van der Waals surface area contributed by atoms with Crippen LogP contribution in [0.25, 0.3) is 0 Å². The molecule has 1 aromatic rings. The first kappa shape index (κ1) is 33.4. The van der Waals surface area contributed by atoms with Crippen molar-refractivity contribution in [1.82, 2.24) is 0 Å². The van der Waals surface area contributed by atoms with E-state index in [9.17, 15) is 0 Å². The van der Waals surface area contributed by atoms with Crippen LogP contribution < -0.4 is 5.30 Å². The topological polar surface area (TPSA) is 99.5 Å². The minimum atomic E-state index is 0. The summed E-state index contributed by atoms with van der Waals surface area (Å²) in [5.41, 5.74) is 1.53. The van der Waals surface area contributed by atoms with Crippen molar-refractivity contribution in [3.05, 3.63) is 74.5 Å². The van der Waals surface area contributed by atoms with Crippen molar-refractivity contribution in [3.8, 4) is 0 Å². The van der Waals surface area contributed by atoms with Gasteiger partial charge in [0.1, 0.15) is 0 Å². The third-order valence-corrected chi connectivity index (χ3v) is 4.60. The maximum absolute atomic E-state index is 7.50. The van der Waals surface area contributed by atoms with Gasteiger partial charge in [-0.3, -0.25) is 0 Å². The summed E-state index contributed by atoms with van der Waals surface area (Å²) in [5, 5.41) is 3.25. The van der Waals surface area contributed by atoms with Gasteiger partial charge in [-0.1, -0.05) is 35.9 Å². The number of hydrogen-bond donors (Lipinski definition) is 0. The normalized spacial score (nSPS) is 11.3. The number of allylic oxidation sites excluding steroid dienone is 2. The van der Waals surface area contributed by atoms with Crippen LogP contribution in [-0.2, 0) is 44.3 Å². The zero-order chi connectivity index (χ0) is 18.6. The molecule has 1 aliphatic heterocycles. The van der Waals surface area contributed by atoms with Gasteiger partial charge in [0.25, 0.3) is 0 Å². The Hall–Kier alpha value is -1.22. The molecule has 0 amide bonds. The van der Waals surface area contributed by atoms with E-state index in [2.05, 4.69) is 77.4 Å². The molecule has 1 saturated heterocycles. The Morgan fingerprint density at radius 3 is 1.39 bits per heavy atom. The summed E-state index contributed by atoms with van der Waals surface area (Å²) < 4.78 is 37.5. The molecule has 0 radical (unpaired) electrons. The Labute approximate surface area is 152 Å². The van der Waals surface area contributed by atoms with E-state index in [0.29, 0.717) is 0 Å². The van der Waals surface area contributed by atoms with E-state index in [1.165, 1.54) is 11.7 Å². The standard InChI is InChI=1S/C11H13P.5CO.W/c1-9(2)11-8-12(11)10-6-4-3-5-7-10;5*1-2;/h3-7H,8H2,1-2H3;;;;;;. The van der Waals surface area contributed by atoms with E-state index in [1.54, 1.807) is 10.6 Å². The van der Waals surface area contributed by atoms with Crippen molar-refractivity contribution in [2.24, 2.45) is 0 Å². The van der Waals surface area contributed by atoms with Gasteiger partial charge in [-0.05, 0) is 32.4 Å². The first-order valence-electron chi connectivity index (χ1n) is 5.30. The van der Waals surface area contributed by atoms with Gasteiger partial charge in [0.15, 0.2) is 0 Å². The molecule has 1 unspecified atom stereocenters. The van der Waals surface area contributed by atoms with Crippen LogP contribution in [0.5, 0.6) is 0 Å². The predicted molar refractivity (Wildman–Crippen MR) is 75.9 cm³/mol. The molecule has 2 rings (SSSR count). The molecule has 0 spiro atoms. The maximum atomic E-state index is 7.50. The predicted octanol–water partition coefficient (Wildman–Crippen LogP) is 2.91. The van der Waals surface area contributed by atoms with Gasteiger partial charge < -0.3 is 0 Å². The zero-order valence-corrected chi connectivity index (χ0v) is 16.3. The first-order valence-corrected chi connectivity index (χ1v) is 6.83. The molecule has 118 valence electrons. The summed E-state index contributed by atoms with van der Waals surface area (Å²) in [6, 6.07) is 10.9. The summed E-state index contributed by atoms with van der Waals surface area (Å²) in [6.07, 6.45) is 1.35. The van der Waals surface area contributed by atoms with Crippen molar-refractivity contribution in [2.75, 3.05) is 6.16 Å². The quantitative estimate of drug-likeness (QED) is 0.322. The molecule has 1 aliphatic rings. The first-order chi connectivity index (χ1) is 10.8. The molecular weight excluding hydrogens is 487 g/mol. The maximum Gasteiger partial charge on any atom is 0 e. The average molecular weight is 500 g/mol. The van der Waals surface area contributed by atoms with Crippen LogP contribution in [-0.4, -0.2) is 6.16 Å². The Morgan fingerprint density at radius 1 is 0.783 bits per heavy atom. The minimum Gasteiger partial charge on any atom is 0 e. The van der Waals surface area contributed by atoms with Gasteiger partial charge in [0.05, 0.1) is 0 Å². The fourth-order valence-electron chi connectivity index (χ4n) is 1.40. The fraction of sp³-hybridized carbons (Fsp3) is 0.188. The third-order valence-electron chi connectivity index (χ3n) is 2.18. The van der Waals surface area contributed by atoms with Crippen LogP contribution >= 0.6 is 7.92 Å². The largest absolute Gasteiger partial charge is 0 e. The molecule has 5 nitrogen and oxygen atoms in total. The van der Waals surface area contributed by atoms with Gasteiger partial charge in [0, 0.05) is 27.2 Å². The van der Waals surface area contributed by atoms with Crippen molar-refractivity contribution < 1.29 is 44.3 Å². The molecule has 1 fully saturated rings. The van der Waals surface area contributed by atoms with Crippen LogP contribution in [0.4, 0.5) is 0 Å². The number of benzene rings is 1. The minimum absolute atomic E-state index is 0. The molecule has 0 bridgehead atoms. The van der Waals surface area contributed by atoms with Crippen LogP contribution in [0.3, 0.4) is 0 Å². The second-order valence-corrected chi connectivity index (χ2v) is 5.60. The van der Waals surface area contributed by atoms with E-state index in [-0.39, 0.29) is 29.0 Å². The molecule has 0 saturated carbocycles.